The first-order chi connectivity index (χ1) is 9.74. The van der Waals surface area contributed by atoms with Crippen LogP contribution in [0.15, 0.2) is 24.3 Å². The van der Waals surface area contributed by atoms with E-state index < -0.39 is 0 Å². The van der Waals surface area contributed by atoms with Crippen molar-refractivity contribution in [3.8, 4) is 5.75 Å². The van der Waals surface area contributed by atoms with Gasteiger partial charge >= 0.3 is 0 Å². The lowest BCUT2D eigenvalue weighted by Crippen LogP contribution is -2.38. The Morgan fingerprint density at radius 2 is 2.00 bits per heavy atom. The van der Waals surface area contributed by atoms with E-state index in [1.165, 1.54) is 32.1 Å². The van der Waals surface area contributed by atoms with Crippen LogP contribution >= 0.6 is 0 Å². The lowest BCUT2D eigenvalue weighted by molar-refractivity contribution is -0.0214. The van der Waals surface area contributed by atoms with Gasteiger partial charge in [0.2, 0.25) is 0 Å². The van der Waals surface area contributed by atoms with E-state index in [9.17, 15) is 0 Å². The van der Waals surface area contributed by atoms with Gasteiger partial charge in [0.1, 0.15) is 12.0 Å². The molecule has 0 aromatic heterocycles. The smallest absolute Gasteiger partial charge is 0.127 e. The van der Waals surface area contributed by atoms with E-state index in [1.807, 2.05) is 12.1 Å². The molecule has 3 nitrogen and oxygen atoms in total. The average molecular weight is 277 g/mol. The molecule has 112 valence electrons. The third kappa shape index (κ3) is 3.89. The first kappa shape index (κ1) is 15.2. The van der Waals surface area contributed by atoms with Crippen molar-refractivity contribution in [2.45, 2.75) is 58.3 Å². The quantitative estimate of drug-likeness (QED) is 0.727. The Hall–Kier alpha value is -1.22. The van der Waals surface area contributed by atoms with Crippen molar-refractivity contribution in [3.05, 3.63) is 24.3 Å². The molecule has 0 N–H and O–H groups in total. The number of rotatable bonds is 6. The molecule has 0 aliphatic heterocycles. The SMILES string of the molecule is CCN(c1cccc(OC)c1)C(C)OC1CCCCC1. The van der Waals surface area contributed by atoms with Gasteiger partial charge in [0.05, 0.1) is 13.2 Å². The molecule has 2 rings (SSSR count). The Morgan fingerprint density at radius 1 is 1.25 bits per heavy atom. The van der Waals surface area contributed by atoms with Crippen LogP contribution in [0.3, 0.4) is 0 Å². The molecule has 0 bridgehead atoms. The molecule has 1 saturated carbocycles. The highest BCUT2D eigenvalue weighted by Gasteiger charge is 2.20. The predicted molar refractivity (Wildman–Crippen MR) is 83.4 cm³/mol. The molecule has 0 heterocycles. The summed E-state index contributed by atoms with van der Waals surface area (Å²) in [5.41, 5.74) is 1.16. The van der Waals surface area contributed by atoms with Gasteiger partial charge in [0.15, 0.2) is 0 Å². The van der Waals surface area contributed by atoms with Crippen molar-refractivity contribution in [1.82, 2.24) is 0 Å². The third-order valence-electron chi connectivity index (χ3n) is 4.11. The second kappa shape index (κ2) is 7.53. The molecule has 0 radical (unpaired) electrons. The maximum atomic E-state index is 6.26. The minimum atomic E-state index is 0.107. The zero-order valence-corrected chi connectivity index (χ0v) is 13.0. The Balaban J connectivity index is 2.01. The molecule has 1 aliphatic carbocycles. The largest absolute Gasteiger partial charge is 0.497 e. The summed E-state index contributed by atoms with van der Waals surface area (Å²) in [4.78, 5) is 2.29. The Bertz CT molecular complexity index is 402. The number of methoxy groups -OCH3 is 1. The van der Waals surface area contributed by atoms with Crippen LogP contribution in [0.4, 0.5) is 5.69 Å². The number of benzene rings is 1. The topological polar surface area (TPSA) is 21.7 Å². The van der Waals surface area contributed by atoms with Crippen LogP contribution in [-0.2, 0) is 4.74 Å². The third-order valence-corrected chi connectivity index (χ3v) is 4.11. The van der Waals surface area contributed by atoms with Crippen molar-refractivity contribution in [1.29, 1.82) is 0 Å². The van der Waals surface area contributed by atoms with Crippen molar-refractivity contribution >= 4 is 5.69 Å². The maximum Gasteiger partial charge on any atom is 0.127 e. The van der Waals surface area contributed by atoms with Gasteiger partial charge < -0.3 is 14.4 Å². The van der Waals surface area contributed by atoms with Crippen LogP contribution in [-0.4, -0.2) is 26.0 Å². The summed E-state index contributed by atoms with van der Waals surface area (Å²) in [6.07, 6.45) is 6.93. The first-order valence-corrected chi connectivity index (χ1v) is 7.80. The summed E-state index contributed by atoms with van der Waals surface area (Å²) >= 11 is 0. The van der Waals surface area contributed by atoms with E-state index in [0.29, 0.717) is 6.10 Å². The zero-order valence-electron chi connectivity index (χ0n) is 13.0. The van der Waals surface area contributed by atoms with E-state index in [1.54, 1.807) is 7.11 Å². The van der Waals surface area contributed by atoms with Crippen LogP contribution < -0.4 is 9.64 Å². The summed E-state index contributed by atoms with van der Waals surface area (Å²) < 4.78 is 11.6. The van der Waals surface area contributed by atoms with Crippen molar-refractivity contribution in [3.63, 3.8) is 0 Å². The highest BCUT2D eigenvalue weighted by atomic mass is 16.5. The van der Waals surface area contributed by atoms with Gasteiger partial charge in [-0.15, -0.1) is 0 Å². The molecular formula is C17H27NO2. The van der Waals surface area contributed by atoms with Crippen LogP contribution in [0.25, 0.3) is 0 Å². The van der Waals surface area contributed by atoms with Gasteiger partial charge in [0.25, 0.3) is 0 Å². The van der Waals surface area contributed by atoms with Crippen LogP contribution in [0, 0.1) is 0 Å². The lowest BCUT2D eigenvalue weighted by atomic mass is 9.98. The number of ether oxygens (including phenoxy) is 2. The molecule has 1 aliphatic rings. The molecule has 1 aromatic rings. The molecule has 1 unspecified atom stereocenters. The predicted octanol–water partition coefficient (Wildman–Crippen LogP) is 4.22. The van der Waals surface area contributed by atoms with Gasteiger partial charge in [-0.05, 0) is 38.8 Å². The van der Waals surface area contributed by atoms with E-state index in [2.05, 4.69) is 30.9 Å². The standard InChI is InChI=1S/C17H27NO2/c1-4-18(15-9-8-12-17(13-15)19-3)14(2)20-16-10-6-5-7-11-16/h8-9,12-14,16H,4-7,10-11H2,1-3H3. The van der Waals surface area contributed by atoms with E-state index >= 15 is 0 Å². The van der Waals surface area contributed by atoms with Gasteiger partial charge in [-0.2, -0.15) is 0 Å². The molecule has 3 heteroatoms. The summed E-state index contributed by atoms with van der Waals surface area (Å²) in [5, 5.41) is 0. The molecular weight excluding hydrogens is 250 g/mol. The number of hydrogen-bond acceptors (Lipinski definition) is 3. The molecule has 0 amide bonds. The minimum absolute atomic E-state index is 0.107. The van der Waals surface area contributed by atoms with Gasteiger partial charge in [-0.3, -0.25) is 0 Å². The van der Waals surface area contributed by atoms with E-state index in [4.69, 9.17) is 9.47 Å². The highest BCUT2D eigenvalue weighted by molar-refractivity contribution is 5.51. The molecule has 20 heavy (non-hydrogen) atoms. The number of hydrogen-bond donors (Lipinski definition) is 0. The van der Waals surface area contributed by atoms with Gasteiger partial charge in [-0.1, -0.05) is 25.3 Å². The molecule has 1 fully saturated rings. The minimum Gasteiger partial charge on any atom is -0.497 e. The summed E-state index contributed by atoms with van der Waals surface area (Å²) in [5.74, 6) is 0.894. The monoisotopic (exact) mass is 277 g/mol. The fourth-order valence-electron chi connectivity index (χ4n) is 2.99. The summed E-state index contributed by atoms with van der Waals surface area (Å²) in [6.45, 7) is 5.25. The van der Waals surface area contributed by atoms with E-state index in [0.717, 1.165) is 18.0 Å². The van der Waals surface area contributed by atoms with Crippen LogP contribution in [0.2, 0.25) is 0 Å². The van der Waals surface area contributed by atoms with Crippen molar-refractivity contribution in [2.75, 3.05) is 18.6 Å². The fraction of sp³-hybridized carbons (Fsp3) is 0.647. The second-order valence-electron chi connectivity index (χ2n) is 5.48. The van der Waals surface area contributed by atoms with Crippen LogP contribution in [0.1, 0.15) is 46.0 Å². The molecule has 1 aromatic carbocycles. The lowest BCUT2D eigenvalue weighted by Gasteiger charge is -2.34. The second-order valence-corrected chi connectivity index (χ2v) is 5.48. The van der Waals surface area contributed by atoms with Crippen LogP contribution in [0.5, 0.6) is 5.75 Å². The van der Waals surface area contributed by atoms with Gasteiger partial charge in [0, 0.05) is 18.3 Å². The number of nitrogens with zero attached hydrogens (tertiary/aromatic N) is 1. The summed E-state index contributed by atoms with van der Waals surface area (Å²) in [6, 6.07) is 8.20. The number of anilines is 1. The fourth-order valence-corrected chi connectivity index (χ4v) is 2.99. The molecule has 0 saturated heterocycles. The Kier molecular flexibility index (Phi) is 5.72. The van der Waals surface area contributed by atoms with E-state index in [-0.39, 0.29) is 6.23 Å². The Labute approximate surface area is 122 Å². The van der Waals surface area contributed by atoms with Crippen molar-refractivity contribution < 1.29 is 9.47 Å². The maximum absolute atomic E-state index is 6.26. The summed E-state index contributed by atoms with van der Waals surface area (Å²) in [7, 11) is 1.71. The molecule has 0 spiro atoms. The van der Waals surface area contributed by atoms with Crippen molar-refractivity contribution in [2.24, 2.45) is 0 Å². The highest BCUT2D eigenvalue weighted by Crippen LogP contribution is 2.26. The Morgan fingerprint density at radius 3 is 2.65 bits per heavy atom. The molecule has 1 atom stereocenters. The normalized spacial score (nSPS) is 17.8. The van der Waals surface area contributed by atoms with Gasteiger partial charge in [-0.25, -0.2) is 0 Å². The zero-order chi connectivity index (χ0) is 14.4. The average Bonchev–Trinajstić information content (AvgIpc) is 2.49. The first-order valence-electron chi connectivity index (χ1n) is 7.80.